The summed E-state index contributed by atoms with van der Waals surface area (Å²) in [7, 11) is -1.90. The first-order valence-corrected chi connectivity index (χ1v) is 7.06. The molecule has 0 spiro atoms. The zero-order valence-corrected chi connectivity index (χ0v) is 11.3. The maximum atomic E-state index is 12.0. The second-order valence-corrected chi connectivity index (χ2v) is 7.00. The molecule has 1 rings (SSSR count). The van der Waals surface area contributed by atoms with Crippen molar-refractivity contribution in [3.8, 4) is 0 Å². The fourth-order valence-electron chi connectivity index (χ4n) is 2.05. The van der Waals surface area contributed by atoms with Crippen molar-refractivity contribution < 1.29 is 18.3 Å². The highest BCUT2D eigenvalue weighted by molar-refractivity contribution is 7.86. The predicted octanol–water partition coefficient (Wildman–Crippen LogP) is 0.226. The molecule has 1 heterocycles. The lowest BCUT2D eigenvalue weighted by molar-refractivity contribution is -0.138. The number of nitrogens with zero attached hydrogens (tertiary/aromatic N) is 2. The van der Waals surface area contributed by atoms with Gasteiger partial charge in [-0.05, 0) is 11.8 Å². The van der Waals surface area contributed by atoms with Gasteiger partial charge in [0.15, 0.2) is 0 Å². The molecule has 100 valence electrons. The Hall–Kier alpha value is -0.660. The Labute approximate surface area is 102 Å². The summed E-state index contributed by atoms with van der Waals surface area (Å²) >= 11 is 0. The second kappa shape index (κ2) is 5.32. The van der Waals surface area contributed by atoms with Crippen LogP contribution in [-0.4, -0.2) is 54.8 Å². The lowest BCUT2D eigenvalue weighted by Gasteiger charge is -2.37. The molecule has 0 aromatic rings. The van der Waals surface area contributed by atoms with Gasteiger partial charge in [-0.1, -0.05) is 13.8 Å². The third-order valence-electron chi connectivity index (χ3n) is 2.73. The van der Waals surface area contributed by atoms with Crippen LogP contribution < -0.4 is 0 Å². The average Bonchev–Trinajstić information content (AvgIpc) is 2.12. The Morgan fingerprint density at radius 1 is 1.41 bits per heavy atom. The number of aliphatic carboxylic acids is 1. The summed E-state index contributed by atoms with van der Waals surface area (Å²) in [6.45, 7) is 4.90. The van der Waals surface area contributed by atoms with Gasteiger partial charge in [-0.3, -0.25) is 4.79 Å². The van der Waals surface area contributed by atoms with Crippen LogP contribution in [-0.2, 0) is 15.0 Å². The maximum Gasteiger partial charge on any atom is 0.303 e. The van der Waals surface area contributed by atoms with E-state index >= 15 is 0 Å². The Morgan fingerprint density at radius 2 is 2.00 bits per heavy atom. The van der Waals surface area contributed by atoms with Crippen LogP contribution in [0.4, 0.5) is 0 Å². The van der Waals surface area contributed by atoms with E-state index in [0.29, 0.717) is 13.1 Å². The molecule has 1 atom stereocenters. The van der Waals surface area contributed by atoms with Crippen LogP contribution in [0.2, 0.25) is 0 Å². The topological polar surface area (TPSA) is 77.9 Å². The van der Waals surface area contributed by atoms with E-state index in [4.69, 9.17) is 5.11 Å². The summed E-state index contributed by atoms with van der Waals surface area (Å²) in [5.74, 6) is -0.797. The summed E-state index contributed by atoms with van der Waals surface area (Å²) in [5, 5.41) is 8.76. The smallest absolute Gasteiger partial charge is 0.303 e. The first kappa shape index (κ1) is 14.4. The fraction of sp³-hybridized carbons (Fsp3) is 0.900. The molecule has 1 unspecified atom stereocenters. The normalized spacial score (nSPS) is 26.2. The molecule has 0 aromatic heterocycles. The molecule has 0 aliphatic carbocycles. The number of rotatable bonds is 4. The van der Waals surface area contributed by atoms with Crippen molar-refractivity contribution in [3.63, 3.8) is 0 Å². The number of carboxylic acids is 1. The number of carboxylic acid groups (broad SMARTS) is 1. The van der Waals surface area contributed by atoms with Crippen molar-refractivity contribution in [2.45, 2.75) is 20.3 Å². The van der Waals surface area contributed by atoms with E-state index in [1.54, 1.807) is 0 Å². The summed E-state index contributed by atoms with van der Waals surface area (Å²) in [4.78, 5) is 10.7. The van der Waals surface area contributed by atoms with Crippen LogP contribution in [0.15, 0.2) is 0 Å². The highest BCUT2D eigenvalue weighted by atomic mass is 32.2. The molecule has 1 aliphatic heterocycles. The monoisotopic (exact) mass is 264 g/mol. The molecular formula is C10H20N2O4S. The standard InChI is InChI=1S/C10H20N2O4S/c1-8(2)5-12-7-9(4-10(13)14)6-11(3)17(12,15)16/h8-9H,4-7H2,1-3H3,(H,13,14). The van der Waals surface area contributed by atoms with Gasteiger partial charge >= 0.3 is 5.97 Å². The van der Waals surface area contributed by atoms with E-state index in [1.165, 1.54) is 15.7 Å². The van der Waals surface area contributed by atoms with Crippen molar-refractivity contribution in [2.75, 3.05) is 26.7 Å². The van der Waals surface area contributed by atoms with E-state index < -0.39 is 16.2 Å². The van der Waals surface area contributed by atoms with Crippen molar-refractivity contribution in [1.82, 2.24) is 8.61 Å². The first-order chi connectivity index (χ1) is 7.73. The Morgan fingerprint density at radius 3 is 2.47 bits per heavy atom. The lowest BCUT2D eigenvalue weighted by Crippen LogP contribution is -2.53. The SMILES string of the molecule is CC(C)CN1CC(CC(=O)O)CN(C)S1(=O)=O. The van der Waals surface area contributed by atoms with Gasteiger partial charge in [0.25, 0.3) is 10.2 Å². The van der Waals surface area contributed by atoms with Crippen LogP contribution in [0.5, 0.6) is 0 Å². The van der Waals surface area contributed by atoms with Crippen molar-refractivity contribution in [3.05, 3.63) is 0 Å². The van der Waals surface area contributed by atoms with Gasteiger partial charge in [-0.15, -0.1) is 0 Å². The molecule has 0 saturated carbocycles. The van der Waals surface area contributed by atoms with Crippen molar-refractivity contribution >= 4 is 16.2 Å². The third kappa shape index (κ3) is 3.65. The van der Waals surface area contributed by atoms with Crippen molar-refractivity contribution in [2.24, 2.45) is 11.8 Å². The highest BCUT2D eigenvalue weighted by Crippen LogP contribution is 2.21. The molecule has 1 aliphatic rings. The number of carbonyl (C=O) groups is 1. The van der Waals surface area contributed by atoms with Gasteiger partial charge in [0.1, 0.15) is 0 Å². The molecule has 1 N–H and O–H groups in total. The molecule has 6 nitrogen and oxygen atoms in total. The predicted molar refractivity (Wildman–Crippen MR) is 63.7 cm³/mol. The number of hydrogen-bond donors (Lipinski definition) is 1. The minimum Gasteiger partial charge on any atom is -0.481 e. The minimum atomic E-state index is -3.39. The molecule has 0 amide bonds. The van der Waals surface area contributed by atoms with E-state index in [9.17, 15) is 13.2 Å². The third-order valence-corrected chi connectivity index (χ3v) is 4.62. The number of hydrogen-bond acceptors (Lipinski definition) is 3. The van der Waals surface area contributed by atoms with Crippen molar-refractivity contribution in [1.29, 1.82) is 0 Å². The average molecular weight is 264 g/mol. The molecule has 0 aromatic carbocycles. The van der Waals surface area contributed by atoms with Gasteiger partial charge in [0, 0.05) is 26.7 Å². The summed E-state index contributed by atoms with van der Waals surface area (Å²) in [6, 6.07) is 0. The summed E-state index contributed by atoms with van der Waals surface area (Å²) in [6.07, 6.45) is 0.00839. The molecule has 7 heteroatoms. The van der Waals surface area contributed by atoms with Crippen LogP contribution in [0, 0.1) is 11.8 Å². The minimum absolute atomic E-state index is 0.00839. The van der Waals surface area contributed by atoms with Gasteiger partial charge in [0.2, 0.25) is 0 Å². The molecule has 1 fully saturated rings. The Balaban J connectivity index is 2.80. The van der Waals surface area contributed by atoms with Gasteiger partial charge < -0.3 is 5.11 Å². The van der Waals surface area contributed by atoms with Gasteiger partial charge in [0.05, 0.1) is 6.42 Å². The largest absolute Gasteiger partial charge is 0.481 e. The van der Waals surface area contributed by atoms with E-state index in [1.807, 2.05) is 13.8 Å². The van der Waals surface area contributed by atoms with Gasteiger partial charge in [-0.25, -0.2) is 0 Å². The quantitative estimate of drug-likeness (QED) is 0.788. The maximum absolute atomic E-state index is 12.0. The van der Waals surface area contributed by atoms with E-state index in [-0.39, 0.29) is 24.8 Å². The van der Waals surface area contributed by atoms with E-state index in [0.717, 1.165) is 0 Å². The molecule has 1 saturated heterocycles. The molecule has 0 radical (unpaired) electrons. The first-order valence-electron chi connectivity index (χ1n) is 5.66. The van der Waals surface area contributed by atoms with Crippen LogP contribution in [0.3, 0.4) is 0 Å². The highest BCUT2D eigenvalue weighted by Gasteiger charge is 2.36. The second-order valence-electron chi connectivity index (χ2n) is 4.96. The van der Waals surface area contributed by atoms with Crippen LogP contribution in [0.25, 0.3) is 0 Å². The Kier molecular flexibility index (Phi) is 4.51. The van der Waals surface area contributed by atoms with Gasteiger partial charge in [-0.2, -0.15) is 17.0 Å². The summed E-state index contributed by atoms with van der Waals surface area (Å²) in [5.41, 5.74) is 0. The molecular weight excluding hydrogens is 244 g/mol. The zero-order chi connectivity index (χ0) is 13.2. The summed E-state index contributed by atoms with van der Waals surface area (Å²) < 4.78 is 26.6. The van der Waals surface area contributed by atoms with E-state index in [2.05, 4.69) is 0 Å². The van der Waals surface area contributed by atoms with Crippen LogP contribution >= 0.6 is 0 Å². The fourth-order valence-corrected chi connectivity index (χ4v) is 3.73. The lowest BCUT2D eigenvalue weighted by atomic mass is 10.1. The van der Waals surface area contributed by atoms with Crippen LogP contribution in [0.1, 0.15) is 20.3 Å². The zero-order valence-electron chi connectivity index (χ0n) is 10.5. The molecule has 17 heavy (non-hydrogen) atoms. The Bertz CT molecular complexity index is 380. The molecule has 0 bridgehead atoms.